The van der Waals surface area contributed by atoms with Gasteiger partial charge in [0.1, 0.15) is 17.1 Å². The maximum atomic E-state index is 13.4. The van der Waals surface area contributed by atoms with Crippen LogP contribution in [0.1, 0.15) is 23.9 Å². The number of ether oxygens (including phenoxy) is 1. The third-order valence-electron chi connectivity index (χ3n) is 4.42. The maximum Gasteiger partial charge on any atom is 0.287 e. The van der Waals surface area contributed by atoms with Gasteiger partial charge >= 0.3 is 0 Å². The van der Waals surface area contributed by atoms with Gasteiger partial charge in [0.05, 0.1) is 10.4 Å². The van der Waals surface area contributed by atoms with E-state index >= 15 is 0 Å². The standard InChI is InChI=1S/C23H19Cl2FN2O5/c1-12(27-22(30)11-32-15-4-6-17(25)18(26)9-15)7-13(2)28-23(31)21-10-19(29)16-5-3-14(24)8-20(16)33-21/h3-6,8-10,13H,1,7,11H2,2H3,(H,27,30)(H,28,31). The molecule has 1 atom stereocenters. The summed E-state index contributed by atoms with van der Waals surface area (Å²) in [5.74, 6) is -1.79. The molecule has 2 aromatic carbocycles. The average Bonchev–Trinajstić information content (AvgIpc) is 2.73. The zero-order valence-corrected chi connectivity index (χ0v) is 18.9. The van der Waals surface area contributed by atoms with Gasteiger partial charge < -0.3 is 19.8 Å². The predicted octanol–water partition coefficient (Wildman–Crippen LogP) is 4.46. The van der Waals surface area contributed by atoms with Crippen LogP contribution in [0.5, 0.6) is 5.75 Å². The second-order valence-electron chi connectivity index (χ2n) is 7.21. The Labute approximate surface area is 198 Å². The van der Waals surface area contributed by atoms with Crippen molar-refractivity contribution >= 4 is 46.0 Å². The molecule has 0 saturated heterocycles. The van der Waals surface area contributed by atoms with Crippen molar-refractivity contribution < 1.29 is 23.1 Å². The summed E-state index contributed by atoms with van der Waals surface area (Å²) in [5.41, 5.74) is 0.151. The zero-order valence-electron chi connectivity index (χ0n) is 17.4. The molecule has 0 aliphatic rings. The molecule has 0 aliphatic carbocycles. The van der Waals surface area contributed by atoms with Crippen molar-refractivity contribution in [1.82, 2.24) is 10.6 Å². The quantitative estimate of drug-likeness (QED) is 0.483. The molecule has 10 heteroatoms. The third-order valence-corrected chi connectivity index (χ3v) is 4.96. The SMILES string of the molecule is C=C(CC(C)NC(=O)c1cc(=O)c2ccc(Cl)cc2o1)NC(=O)COc1ccc(Cl)c(F)c1. The van der Waals surface area contributed by atoms with Crippen LogP contribution in [0.3, 0.4) is 0 Å². The van der Waals surface area contributed by atoms with Gasteiger partial charge in [-0.1, -0.05) is 29.8 Å². The first-order valence-electron chi connectivity index (χ1n) is 9.72. The fourth-order valence-corrected chi connectivity index (χ4v) is 3.24. The van der Waals surface area contributed by atoms with Gasteiger partial charge in [0.2, 0.25) is 0 Å². The first kappa shape index (κ1) is 24.3. The summed E-state index contributed by atoms with van der Waals surface area (Å²) < 4.78 is 24.1. The van der Waals surface area contributed by atoms with Crippen molar-refractivity contribution in [2.24, 2.45) is 0 Å². The van der Waals surface area contributed by atoms with E-state index < -0.39 is 23.7 Å². The molecule has 0 bridgehead atoms. The Morgan fingerprint density at radius 1 is 1.18 bits per heavy atom. The lowest BCUT2D eigenvalue weighted by atomic mass is 10.2. The number of nitrogens with one attached hydrogen (secondary N) is 2. The van der Waals surface area contributed by atoms with E-state index in [0.717, 1.165) is 12.1 Å². The van der Waals surface area contributed by atoms with E-state index in [1.165, 1.54) is 24.3 Å². The minimum atomic E-state index is -0.658. The number of hydrogen-bond acceptors (Lipinski definition) is 5. The molecule has 3 rings (SSSR count). The van der Waals surface area contributed by atoms with Gasteiger partial charge in [0.15, 0.2) is 17.8 Å². The molecule has 1 unspecified atom stereocenters. The van der Waals surface area contributed by atoms with Gasteiger partial charge in [0, 0.05) is 41.4 Å². The van der Waals surface area contributed by atoms with Gasteiger partial charge in [-0.2, -0.15) is 0 Å². The monoisotopic (exact) mass is 492 g/mol. The summed E-state index contributed by atoms with van der Waals surface area (Å²) in [7, 11) is 0. The maximum absolute atomic E-state index is 13.4. The molecule has 33 heavy (non-hydrogen) atoms. The first-order chi connectivity index (χ1) is 15.6. The Morgan fingerprint density at radius 3 is 2.67 bits per heavy atom. The summed E-state index contributed by atoms with van der Waals surface area (Å²) in [5, 5.41) is 5.84. The van der Waals surface area contributed by atoms with Crippen LogP contribution in [0.2, 0.25) is 10.0 Å². The molecule has 172 valence electrons. The summed E-state index contributed by atoms with van der Waals surface area (Å²) in [6, 6.07) is 9.01. The van der Waals surface area contributed by atoms with Gasteiger partial charge in [0.25, 0.3) is 11.8 Å². The highest BCUT2D eigenvalue weighted by atomic mass is 35.5. The zero-order chi connectivity index (χ0) is 24.1. The highest BCUT2D eigenvalue weighted by Crippen LogP contribution is 2.20. The molecular weight excluding hydrogens is 474 g/mol. The van der Waals surface area contributed by atoms with E-state index in [2.05, 4.69) is 17.2 Å². The van der Waals surface area contributed by atoms with Crippen LogP contribution in [-0.2, 0) is 4.79 Å². The second kappa shape index (κ2) is 10.5. The Kier molecular flexibility index (Phi) is 7.73. The molecule has 7 nitrogen and oxygen atoms in total. The van der Waals surface area contributed by atoms with Crippen LogP contribution >= 0.6 is 23.2 Å². The van der Waals surface area contributed by atoms with E-state index in [-0.39, 0.29) is 40.6 Å². The largest absolute Gasteiger partial charge is 0.484 e. The fourth-order valence-electron chi connectivity index (χ4n) is 2.96. The summed E-state index contributed by atoms with van der Waals surface area (Å²) >= 11 is 11.5. The molecule has 1 heterocycles. The molecule has 0 aliphatic heterocycles. The van der Waals surface area contributed by atoms with Crippen LogP contribution in [0, 0.1) is 5.82 Å². The molecule has 2 amide bonds. The minimum absolute atomic E-state index is 0.0528. The van der Waals surface area contributed by atoms with Gasteiger partial charge in [-0.05, 0) is 31.2 Å². The molecular formula is C23H19Cl2FN2O5. The molecule has 0 saturated carbocycles. The highest BCUT2D eigenvalue weighted by molar-refractivity contribution is 6.31. The van der Waals surface area contributed by atoms with Crippen LogP contribution in [0.4, 0.5) is 4.39 Å². The number of carbonyl (C=O) groups is 2. The van der Waals surface area contributed by atoms with Crippen LogP contribution in [0.15, 0.2) is 64.0 Å². The number of halogens is 3. The predicted molar refractivity (Wildman–Crippen MR) is 123 cm³/mol. The highest BCUT2D eigenvalue weighted by Gasteiger charge is 2.16. The van der Waals surface area contributed by atoms with Gasteiger partial charge in [-0.25, -0.2) is 4.39 Å². The second-order valence-corrected chi connectivity index (χ2v) is 8.05. The van der Waals surface area contributed by atoms with Gasteiger partial charge in [-0.3, -0.25) is 14.4 Å². The smallest absolute Gasteiger partial charge is 0.287 e. The van der Waals surface area contributed by atoms with Crippen LogP contribution < -0.4 is 20.8 Å². The number of amides is 2. The Balaban J connectivity index is 1.51. The average molecular weight is 493 g/mol. The van der Waals surface area contributed by atoms with Crippen molar-refractivity contribution in [3.05, 3.63) is 86.6 Å². The van der Waals surface area contributed by atoms with Crippen molar-refractivity contribution in [1.29, 1.82) is 0 Å². The van der Waals surface area contributed by atoms with E-state index in [0.29, 0.717) is 16.1 Å². The number of fused-ring (bicyclic) bond motifs is 1. The fraction of sp³-hybridized carbons (Fsp3) is 0.174. The lowest BCUT2D eigenvalue weighted by Gasteiger charge is -2.16. The molecule has 0 fully saturated rings. The molecule has 1 aromatic heterocycles. The number of carbonyl (C=O) groups excluding carboxylic acids is 2. The Morgan fingerprint density at radius 2 is 1.94 bits per heavy atom. The normalized spacial score (nSPS) is 11.6. The van der Waals surface area contributed by atoms with Crippen LogP contribution in [-0.4, -0.2) is 24.5 Å². The lowest BCUT2D eigenvalue weighted by molar-refractivity contribution is -0.122. The van der Waals surface area contributed by atoms with E-state index in [1.54, 1.807) is 13.0 Å². The van der Waals surface area contributed by atoms with Crippen molar-refractivity contribution in [3.8, 4) is 5.75 Å². The van der Waals surface area contributed by atoms with E-state index in [4.69, 9.17) is 32.4 Å². The number of rotatable bonds is 8. The van der Waals surface area contributed by atoms with Crippen molar-refractivity contribution in [2.45, 2.75) is 19.4 Å². The number of benzene rings is 2. The van der Waals surface area contributed by atoms with Gasteiger partial charge in [-0.15, -0.1) is 0 Å². The Bertz CT molecular complexity index is 1290. The molecule has 0 spiro atoms. The topological polar surface area (TPSA) is 97.6 Å². The Hall–Kier alpha value is -3.36. The van der Waals surface area contributed by atoms with Crippen molar-refractivity contribution in [2.75, 3.05) is 6.61 Å². The molecule has 0 radical (unpaired) electrons. The number of hydrogen-bond donors (Lipinski definition) is 2. The summed E-state index contributed by atoms with van der Waals surface area (Å²) in [6.45, 7) is 5.08. The summed E-state index contributed by atoms with van der Waals surface area (Å²) in [4.78, 5) is 36.7. The summed E-state index contributed by atoms with van der Waals surface area (Å²) in [6.07, 6.45) is 0.205. The molecule has 2 N–H and O–H groups in total. The van der Waals surface area contributed by atoms with Crippen LogP contribution in [0.25, 0.3) is 11.0 Å². The lowest BCUT2D eigenvalue weighted by Crippen LogP contribution is -2.36. The first-order valence-corrected chi connectivity index (χ1v) is 10.5. The van der Waals surface area contributed by atoms with Crippen molar-refractivity contribution in [3.63, 3.8) is 0 Å². The van der Waals surface area contributed by atoms with E-state index in [1.807, 2.05) is 0 Å². The third kappa shape index (κ3) is 6.57. The minimum Gasteiger partial charge on any atom is -0.484 e. The van der Waals surface area contributed by atoms with E-state index in [9.17, 15) is 18.8 Å². The molecule has 3 aromatic rings.